The van der Waals surface area contributed by atoms with Crippen LogP contribution in [0.25, 0.3) is 11.3 Å². The Bertz CT molecular complexity index is 721. The average Bonchev–Trinajstić information content (AvgIpc) is 2.44. The van der Waals surface area contributed by atoms with Gasteiger partial charge in [-0.15, -0.1) is 35.4 Å². The molecule has 1 nitrogen and oxygen atoms in total. The van der Waals surface area contributed by atoms with Gasteiger partial charge in [-0.05, 0) is 23.2 Å². The predicted octanol–water partition coefficient (Wildman–Crippen LogP) is 4.60. The Morgan fingerprint density at radius 2 is 2.05 bits per heavy atom. The van der Waals surface area contributed by atoms with Crippen molar-refractivity contribution >= 4 is 13.3 Å². The van der Waals surface area contributed by atoms with E-state index >= 15 is 0 Å². The summed E-state index contributed by atoms with van der Waals surface area (Å²) in [5, 5.41) is 1.35. The molecule has 0 unspecified atom stereocenters. The molecule has 1 radical (unpaired) electrons. The molecular weight excluding hydrogens is 463 g/mol. The first-order valence-electron chi connectivity index (χ1n) is 9.01. The van der Waals surface area contributed by atoms with Crippen LogP contribution < -0.4 is 5.19 Å². The quantitative estimate of drug-likeness (QED) is 0.450. The SMILES string of the molecule is [2H]C([2H])([2H])c1ccc[c-]c1-c1cc(CC(C)C)c([Si](C)(C)C)cn1.[Ir]. The number of hydrogen-bond donors (Lipinski definition) is 0. The third-order valence-electron chi connectivity index (χ3n) is 3.54. The maximum absolute atomic E-state index is 7.76. The zero-order chi connectivity index (χ0) is 18.1. The van der Waals surface area contributed by atoms with Crippen LogP contribution in [0.15, 0.2) is 30.5 Å². The fourth-order valence-corrected chi connectivity index (χ4v) is 4.16. The molecule has 0 fully saturated rings. The average molecular weight is 492 g/mol. The van der Waals surface area contributed by atoms with Crippen molar-refractivity contribution in [2.24, 2.45) is 5.92 Å². The number of aryl methyl sites for hydroxylation is 1. The van der Waals surface area contributed by atoms with E-state index in [9.17, 15) is 0 Å². The molecule has 0 atom stereocenters. The Morgan fingerprint density at radius 3 is 2.64 bits per heavy atom. The van der Waals surface area contributed by atoms with Crippen molar-refractivity contribution in [3.8, 4) is 11.3 Å². The molecule has 3 heteroatoms. The van der Waals surface area contributed by atoms with Gasteiger partial charge in [0.25, 0.3) is 0 Å². The van der Waals surface area contributed by atoms with Crippen LogP contribution in [0, 0.1) is 18.8 Å². The number of pyridine rings is 1. The van der Waals surface area contributed by atoms with E-state index in [0.717, 1.165) is 6.42 Å². The van der Waals surface area contributed by atoms with Crippen molar-refractivity contribution in [1.29, 1.82) is 0 Å². The first kappa shape index (κ1) is 14.8. The van der Waals surface area contributed by atoms with Crippen LogP contribution in [0.3, 0.4) is 0 Å². The molecule has 2 aromatic rings. The Hall–Kier alpha value is -0.764. The minimum absolute atomic E-state index is 0. The molecular formula is C19H26IrNSi-. The van der Waals surface area contributed by atoms with Gasteiger partial charge in [-0.2, -0.15) is 0 Å². The van der Waals surface area contributed by atoms with Crippen LogP contribution in [-0.4, -0.2) is 13.1 Å². The van der Waals surface area contributed by atoms with Gasteiger partial charge in [0.15, 0.2) is 0 Å². The van der Waals surface area contributed by atoms with Crippen LogP contribution in [0.2, 0.25) is 19.6 Å². The summed E-state index contributed by atoms with van der Waals surface area (Å²) in [5.74, 6) is 0.539. The molecule has 121 valence electrons. The van der Waals surface area contributed by atoms with Crippen LogP contribution in [0.1, 0.15) is 29.1 Å². The van der Waals surface area contributed by atoms with Crippen molar-refractivity contribution < 1.29 is 24.2 Å². The minimum atomic E-state index is -2.16. The van der Waals surface area contributed by atoms with Gasteiger partial charge in [0.1, 0.15) is 0 Å². The number of benzene rings is 1. The van der Waals surface area contributed by atoms with E-state index in [1.165, 1.54) is 10.8 Å². The maximum atomic E-state index is 7.76. The second kappa shape index (κ2) is 7.67. The number of aromatic nitrogens is 1. The monoisotopic (exact) mass is 492 g/mol. The first-order chi connectivity index (χ1) is 11.0. The molecule has 0 saturated heterocycles. The van der Waals surface area contributed by atoms with Gasteiger partial charge in [-0.25, -0.2) is 0 Å². The largest absolute Gasteiger partial charge is 0.305 e. The van der Waals surface area contributed by atoms with Gasteiger partial charge in [0, 0.05) is 30.4 Å². The standard InChI is InChI=1S/C19H26NSi.Ir/c1-14(2)11-16-12-18(17-10-8-7-9-15(17)3)20-13-19(16)21(4,5)6;/h7-9,12-14H,11H2,1-6H3;/q-1;/i3D3;. The van der Waals surface area contributed by atoms with Crippen molar-refractivity contribution in [1.82, 2.24) is 4.98 Å². The summed E-state index contributed by atoms with van der Waals surface area (Å²) in [7, 11) is -1.50. The van der Waals surface area contributed by atoms with Gasteiger partial charge >= 0.3 is 0 Å². The Balaban J connectivity index is 0.00000312. The molecule has 0 spiro atoms. The van der Waals surface area contributed by atoms with Crippen molar-refractivity contribution in [2.75, 3.05) is 0 Å². The van der Waals surface area contributed by atoms with E-state index in [1.54, 1.807) is 18.2 Å². The smallest absolute Gasteiger partial charge is 0.0798 e. The third kappa shape index (κ3) is 4.61. The Morgan fingerprint density at radius 1 is 1.32 bits per heavy atom. The summed E-state index contributed by atoms with van der Waals surface area (Å²) < 4.78 is 23.3. The number of nitrogens with zero attached hydrogens (tertiary/aromatic N) is 1. The molecule has 22 heavy (non-hydrogen) atoms. The van der Waals surface area contributed by atoms with Gasteiger partial charge in [0.2, 0.25) is 0 Å². The van der Waals surface area contributed by atoms with Gasteiger partial charge < -0.3 is 4.98 Å². The van der Waals surface area contributed by atoms with Crippen LogP contribution >= 0.6 is 0 Å². The summed E-state index contributed by atoms with van der Waals surface area (Å²) in [5.41, 5.74) is 2.90. The van der Waals surface area contributed by atoms with Crippen molar-refractivity contribution in [3.63, 3.8) is 0 Å². The summed E-state index contributed by atoms with van der Waals surface area (Å²) >= 11 is 0. The molecule has 0 aliphatic carbocycles. The molecule has 2 rings (SSSR count). The Kier molecular flexibility index (Phi) is 5.16. The molecule has 0 saturated carbocycles. The van der Waals surface area contributed by atoms with Crippen molar-refractivity contribution in [3.05, 3.63) is 47.7 Å². The van der Waals surface area contributed by atoms with E-state index in [-0.39, 0.29) is 20.1 Å². The molecule has 0 aliphatic rings. The van der Waals surface area contributed by atoms with E-state index in [0.29, 0.717) is 22.7 Å². The zero-order valence-electron chi connectivity index (χ0n) is 17.0. The molecule has 1 aromatic heterocycles. The van der Waals surface area contributed by atoms with Gasteiger partial charge in [0.05, 0.1) is 8.07 Å². The summed E-state index contributed by atoms with van der Waals surface area (Å²) in [4.78, 5) is 4.61. The molecule has 1 heterocycles. The van der Waals surface area contributed by atoms with E-state index < -0.39 is 14.9 Å². The van der Waals surface area contributed by atoms with Crippen LogP contribution in [0.5, 0.6) is 0 Å². The van der Waals surface area contributed by atoms with Crippen LogP contribution in [0.4, 0.5) is 0 Å². The fourth-order valence-electron chi connectivity index (χ4n) is 2.57. The fraction of sp³-hybridized carbons (Fsp3) is 0.421. The predicted molar refractivity (Wildman–Crippen MR) is 94.8 cm³/mol. The second-order valence-corrected chi connectivity index (χ2v) is 12.1. The van der Waals surface area contributed by atoms with Crippen LogP contribution in [-0.2, 0) is 26.5 Å². The zero-order valence-corrected chi connectivity index (χ0v) is 17.3. The van der Waals surface area contributed by atoms with E-state index in [4.69, 9.17) is 4.11 Å². The molecule has 0 bridgehead atoms. The third-order valence-corrected chi connectivity index (χ3v) is 5.60. The summed E-state index contributed by atoms with van der Waals surface area (Å²) in [6.07, 6.45) is 2.94. The number of rotatable bonds is 4. The molecule has 0 amide bonds. The van der Waals surface area contributed by atoms with E-state index in [1.807, 2.05) is 6.20 Å². The van der Waals surface area contributed by atoms with Gasteiger partial charge in [-0.1, -0.05) is 52.0 Å². The summed E-state index contributed by atoms with van der Waals surface area (Å²) in [6.45, 7) is 9.19. The van der Waals surface area contributed by atoms with E-state index in [2.05, 4.69) is 50.6 Å². The molecule has 1 aromatic carbocycles. The minimum Gasteiger partial charge on any atom is -0.305 e. The maximum Gasteiger partial charge on any atom is 0.0798 e. The Labute approximate surface area is 154 Å². The topological polar surface area (TPSA) is 12.9 Å². The number of hydrogen-bond acceptors (Lipinski definition) is 1. The van der Waals surface area contributed by atoms with Crippen molar-refractivity contribution in [2.45, 2.75) is 46.8 Å². The molecule has 0 N–H and O–H groups in total. The summed E-state index contributed by atoms with van der Waals surface area (Å²) in [6, 6.07) is 10.3. The first-order valence-corrected chi connectivity index (χ1v) is 11.0. The molecule has 0 aliphatic heterocycles. The normalized spacial score (nSPS) is 14.0. The van der Waals surface area contributed by atoms with Gasteiger partial charge in [-0.3, -0.25) is 0 Å². The second-order valence-electron chi connectivity index (χ2n) is 7.03.